The minimum Gasteiger partial charge on any atom is -0.393 e. The summed E-state index contributed by atoms with van der Waals surface area (Å²) >= 11 is 0. The molecule has 2 saturated heterocycles. The number of anilines is 1. The molecule has 2 unspecified atom stereocenters. The second-order valence-electron chi connectivity index (χ2n) is 6.94. The molecule has 3 rings (SSSR count). The van der Waals surface area contributed by atoms with Crippen LogP contribution < -0.4 is 10.6 Å². The zero-order chi connectivity index (χ0) is 19.2. The lowest BCUT2D eigenvalue weighted by Gasteiger charge is -2.29. The highest BCUT2D eigenvalue weighted by molar-refractivity contribution is 7.84. The first-order chi connectivity index (χ1) is 13.1. The number of nitrogens with one attached hydrogen (secondary N) is 1. The van der Waals surface area contributed by atoms with Gasteiger partial charge in [-0.1, -0.05) is 6.58 Å². The molecule has 6 nitrogen and oxygen atoms in total. The highest BCUT2D eigenvalue weighted by atomic mass is 32.2. The Morgan fingerprint density at radius 3 is 2.89 bits per heavy atom. The topological polar surface area (TPSA) is 65.0 Å². The number of benzene rings is 1. The van der Waals surface area contributed by atoms with Gasteiger partial charge in [0.1, 0.15) is 0 Å². The van der Waals surface area contributed by atoms with Crippen LogP contribution in [0.25, 0.3) is 0 Å². The van der Waals surface area contributed by atoms with Gasteiger partial charge < -0.3 is 24.5 Å². The van der Waals surface area contributed by atoms with Gasteiger partial charge in [-0.05, 0) is 50.2 Å². The quantitative estimate of drug-likeness (QED) is 0.505. The molecule has 1 aromatic carbocycles. The number of hydrogen-bond acceptors (Lipinski definition) is 6. The second-order valence-corrected chi connectivity index (χ2v) is 10.1. The fraction of sp³-hybridized carbons (Fsp3) is 0.579. The zero-order valence-corrected chi connectivity index (χ0v) is 17.7. The number of rotatable bonds is 8. The van der Waals surface area contributed by atoms with Gasteiger partial charge in [-0.2, -0.15) is 0 Å². The summed E-state index contributed by atoms with van der Waals surface area (Å²) in [4.78, 5) is 3.23. The van der Waals surface area contributed by atoms with Crippen molar-refractivity contribution in [2.75, 3.05) is 50.9 Å². The summed E-state index contributed by atoms with van der Waals surface area (Å²) in [6.45, 7) is 9.23. The van der Waals surface area contributed by atoms with E-state index in [0.717, 1.165) is 67.9 Å². The summed E-state index contributed by atoms with van der Waals surface area (Å²) < 4.78 is 20.3. The molecule has 1 aromatic rings. The van der Waals surface area contributed by atoms with Gasteiger partial charge in [0, 0.05) is 37.7 Å². The van der Waals surface area contributed by atoms with E-state index in [-0.39, 0.29) is 6.10 Å². The molecule has 0 spiro atoms. The Morgan fingerprint density at radius 2 is 2.19 bits per heavy atom. The third-order valence-corrected chi connectivity index (χ3v) is 7.93. The van der Waals surface area contributed by atoms with Crippen LogP contribution in [-0.2, 0) is 15.3 Å². The van der Waals surface area contributed by atoms with Gasteiger partial charge in [0.2, 0.25) is 0 Å². The van der Waals surface area contributed by atoms with Gasteiger partial charge in [-0.3, -0.25) is 4.21 Å². The lowest BCUT2D eigenvalue weighted by atomic mass is 10.1. The van der Waals surface area contributed by atoms with Crippen LogP contribution in [0.1, 0.15) is 19.3 Å². The maximum Gasteiger partial charge on any atom is 0.166 e. The third-order valence-electron chi connectivity index (χ3n) is 5.00. The molecule has 0 aromatic heterocycles. The normalized spacial score (nSPS) is 22.7. The van der Waals surface area contributed by atoms with Gasteiger partial charge >= 0.3 is 0 Å². The zero-order valence-electron chi connectivity index (χ0n) is 16.0. The van der Waals surface area contributed by atoms with E-state index in [1.54, 1.807) is 6.26 Å². The van der Waals surface area contributed by atoms with E-state index >= 15 is 0 Å². The standard InChI is InChI=1S/C19H30N3O3PS/c1-3-22-13-14-25-26(22)17-5-6-18(19(15-17)27(2)24)20-9-4-10-21-11-7-16(23)8-12-21/h3,5-6,15-16,20,23H,1,4,7-14H2,2H3. The maximum atomic E-state index is 12.3. The fourth-order valence-corrected chi connectivity index (χ4v) is 5.99. The minimum absolute atomic E-state index is 0.123. The molecule has 0 bridgehead atoms. The van der Waals surface area contributed by atoms with E-state index in [1.165, 1.54) is 0 Å². The van der Waals surface area contributed by atoms with Crippen LogP contribution in [0.5, 0.6) is 0 Å². The van der Waals surface area contributed by atoms with Crippen molar-refractivity contribution in [3.8, 4) is 0 Å². The van der Waals surface area contributed by atoms with Crippen molar-refractivity contribution in [2.45, 2.75) is 30.3 Å². The van der Waals surface area contributed by atoms with Crippen LogP contribution >= 0.6 is 8.30 Å². The predicted octanol–water partition coefficient (Wildman–Crippen LogP) is 2.10. The molecule has 0 radical (unpaired) electrons. The Morgan fingerprint density at radius 1 is 1.41 bits per heavy atom. The first kappa shape index (κ1) is 20.7. The molecule has 0 aliphatic carbocycles. The van der Waals surface area contributed by atoms with Gasteiger partial charge in [-0.25, -0.2) is 0 Å². The first-order valence-electron chi connectivity index (χ1n) is 9.52. The Labute approximate surface area is 165 Å². The SMILES string of the molecule is C=CN1CCOP1c1ccc(NCCCN2CCC(O)CC2)c(S(C)=O)c1. The average Bonchev–Trinajstić information content (AvgIpc) is 3.15. The largest absolute Gasteiger partial charge is 0.393 e. The monoisotopic (exact) mass is 411 g/mol. The van der Waals surface area contributed by atoms with Crippen molar-refractivity contribution >= 4 is 30.1 Å². The maximum absolute atomic E-state index is 12.3. The highest BCUT2D eigenvalue weighted by Gasteiger charge is 2.26. The molecule has 0 saturated carbocycles. The molecular weight excluding hydrogens is 381 g/mol. The number of hydrogen-bond donors (Lipinski definition) is 2. The Kier molecular flexibility index (Phi) is 7.67. The average molecular weight is 412 g/mol. The molecule has 2 atom stereocenters. The number of piperidine rings is 1. The van der Waals surface area contributed by atoms with E-state index in [9.17, 15) is 9.32 Å². The number of likely N-dealkylation sites (tertiary alicyclic amines) is 1. The molecule has 2 N–H and O–H groups in total. The minimum atomic E-state index is -1.07. The molecule has 0 amide bonds. The molecule has 2 aliphatic heterocycles. The second kappa shape index (κ2) is 9.99. The Hall–Kier alpha value is -0.980. The summed E-state index contributed by atoms with van der Waals surface area (Å²) in [6.07, 6.45) is 6.20. The van der Waals surface area contributed by atoms with Gasteiger partial charge in [-0.15, -0.1) is 0 Å². The van der Waals surface area contributed by atoms with Crippen LogP contribution in [-0.4, -0.2) is 70.6 Å². The van der Waals surface area contributed by atoms with Crippen LogP contribution in [0.3, 0.4) is 0 Å². The van der Waals surface area contributed by atoms with Crippen molar-refractivity contribution in [1.29, 1.82) is 0 Å². The van der Waals surface area contributed by atoms with E-state index in [2.05, 4.69) is 27.5 Å². The van der Waals surface area contributed by atoms with Crippen LogP contribution in [0.4, 0.5) is 5.69 Å². The van der Waals surface area contributed by atoms with E-state index in [1.807, 2.05) is 18.3 Å². The Bertz CT molecular complexity index is 668. The highest BCUT2D eigenvalue weighted by Crippen LogP contribution is 2.45. The Balaban J connectivity index is 1.56. The van der Waals surface area contributed by atoms with Crippen molar-refractivity contribution in [3.63, 3.8) is 0 Å². The summed E-state index contributed by atoms with van der Waals surface area (Å²) in [5, 5.41) is 14.1. The molecular formula is C19H30N3O3PS. The number of nitrogens with zero attached hydrogens (tertiary/aromatic N) is 2. The van der Waals surface area contributed by atoms with E-state index < -0.39 is 19.1 Å². The number of aliphatic hydroxyl groups is 1. The predicted molar refractivity (Wildman–Crippen MR) is 113 cm³/mol. The smallest absolute Gasteiger partial charge is 0.166 e. The molecule has 8 heteroatoms. The van der Waals surface area contributed by atoms with Crippen molar-refractivity contribution in [3.05, 3.63) is 31.0 Å². The van der Waals surface area contributed by atoms with E-state index in [4.69, 9.17) is 4.52 Å². The molecule has 2 heterocycles. The van der Waals surface area contributed by atoms with Crippen LogP contribution in [0, 0.1) is 0 Å². The summed E-state index contributed by atoms with van der Waals surface area (Å²) in [5.41, 5.74) is 0.938. The third kappa shape index (κ3) is 5.52. The van der Waals surface area contributed by atoms with Crippen molar-refractivity contribution < 1.29 is 13.8 Å². The van der Waals surface area contributed by atoms with Crippen molar-refractivity contribution in [1.82, 2.24) is 9.57 Å². The lowest BCUT2D eigenvalue weighted by Crippen LogP contribution is -2.36. The molecule has 27 heavy (non-hydrogen) atoms. The molecule has 2 aliphatic rings. The van der Waals surface area contributed by atoms with Gasteiger partial charge in [0.15, 0.2) is 8.30 Å². The molecule has 150 valence electrons. The first-order valence-corrected chi connectivity index (χ1v) is 12.3. The van der Waals surface area contributed by atoms with Crippen LogP contribution in [0.2, 0.25) is 0 Å². The lowest BCUT2D eigenvalue weighted by molar-refractivity contribution is 0.0825. The fourth-order valence-electron chi connectivity index (χ4n) is 3.46. The van der Waals surface area contributed by atoms with Gasteiger partial charge in [0.05, 0.1) is 34.1 Å². The summed E-state index contributed by atoms with van der Waals surface area (Å²) in [7, 11) is -1.93. The molecule has 2 fully saturated rings. The van der Waals surface area contributed by atoms with Crippen molar-refractivity contribution in [2.24, 2.45) is 0 Å². The van der Waals surface area contributed by atoms with E-state index in [0.29, 0.717) is 6.61 Å². The van der Waals surface area contributed by atoms with Gasteiger partial charge in [0.25, 0.3) is 0 Å². The summed E-state index contributed by atoms with van der Waals surface area (Å²) in [5.74, 6) is 0. The number of aliphatic hydroxyl groups excluding tert-OH is 1. The van der Waals surface area contributed by atoms with Crippen LogP contribution in [0.15, 0.2) is 35.9 Å². The summed E-state index contributed by atoms with van der Waals surface area (Å²) in [6, 6.07) is 6.10.